The summed E-state index contributed by atoms with van der Waals surface area (Å²) in [5, 5.41) is 11.5. The van der Waals surface area contributed by atoms with Crippen molar-refractivity contribution in [1.29, 1.82) is 5.26 Å². The monoisotopic (exact) mass is 289 g/mol. The van der Waals surface area contributed by atoms with Gasteiger partial charge in [-0.3, -0.25) is 0 Å². The molecule has 0 fully saturated rings. The summed E-state index contributed by atoms with van der Waals surface area (Å²) in [7, 11) is 0. The molecule has 1 atom stereocenters. The Labute approximate surface area is 121 Å². The van der Waals surface area contributed by atoms with E-state index in [4.69, 9.17) is 16.9 Å². The fraction of sp³-hybridized carbons (Fsp3) is 0.286. The van der Waals surface area contributed by atoms with Gasteiger partial charge in [0.05, 0.1) is 17.7 Å². The SMILES string of the molecule is CC1c2ccsc2CCN1c1cc(C#N)cc(Cl)n1. The number of pyridine rings is 1. The largest absolute Gasteiger partial charge is 0.349 e. The van der Waals surface area contributed by atoms with Gasteiger partial charge in [0.2, 0.25) is 0 Å². The molecule has 0 amide bonds. The maximum atomic E-state index is 9.02. The zero-order valence-electron chi connectivity index (χ0n) is 10.4. The van der Waals surface area contributed by atoms with E-state index in [1.54, 1.807) is 12.1 Å². The van der Waals surface area contributed by atoms with Gasteiger partial charge in [0.1, 0.15) is 11.0 Å². The van der Waals surface area contributed by atoms with Crippen LogP contribution in [-0.4, -0.2) is 11.5 Å². The van der Waals surface area contributed by atoms with Crippen LogP contribution in [0.1, 0.15) is 29.0 Å². The minimum Gasteiger partial charge on any atom is -0.349 e. The molecular formula is C14H12ClN3S. The van der Waals surface area contributed by atoms with Gasteiger partial charge in [-0.25, -0.2) is 4.98 Å². The molecule has 1 aliphatic heterocycles. The number of rotatable bonds is 1. The van der Waals surface area contributed by atoms with Crippen molar-refractivity contribution in [3.05, 3.63) is 44.7 Å². The maximum Gasteiger partial charge on any atom is 0.132 e. The van der Waals surface area contributed by atoms with Gasteiger partial charge in [-0.2, -0.15) is 5.26 Å². The van der Waals surface area contributed by atoms with Crippen molar-refractivity contribution in [3.8, 4) is 6.07 Å². The van der Waals surface area contributed by atoms with Gasteiger partial charge in [-0.1, -0.05) is 11.6 Å². The van der Waals surface area contributed by atoms with Crippen LogP contribution in [0.3, 0.4) is 0 Å². The number of fused-ring (bicyclic) bond motifs is 1. The van der Waals surface area contributed by atoms with E-state index in [1.165, 1.54) is 10.4 Å². The van der Waals surface area contributed by atoms with E-state index >= 15 is 0 Å². The van der Waals surface area contributed by atoms with Crippen LogP contribution in [-0.2, 0) is 6.42 Å². The van der Waals surface area contributed by atoms with Gasteiger partial charge in [-0.05, 0) is 42.5 Å². The van der Waals surface area contributed by atoms with Gasteiger partial charge in [-0.15, -0.1) is 11.3 Å². The topological polar surface area (TPSA) is 39.9 Å². The van der Waals surface area contributed by atoms with Crippen LogP contribution in [0.15, 0.2) is 23.6 Å². The van der Waals surface area contributed by atoms with Crippen LogP contribution >= 0.6 is 22.9 Å². The molecule has 1 unspecified atom stereocenters. The number of hydrogen-bond acceptors (Lipinski definition) is 4. The second-order valence-corrected chi connectivity index (χ2v) is 5.95. The molecule has 0 aliphatic carbocycles. The van der Waals surface area contributed by atoms with Gasteiger partial charge >= 0.3 is 0 Å². The molecule has 0 saturated heterocycles. The molecule has 0 radical (unpaired) electrons. The van der Waals surface area contributed by atoms with Crippen LogP contribution in [0.2, 0.25) is 5.15 Å². The lowest BCUT2D eigenvalue weighted by Gasteiger charge is -2.34. The van der Waals surface area contributed by atoms with Crippen molar-refractivity contribution < 1.29 is 0 Å². The Bertz CT molecular complexity index is 659. The number of nitriles is 1. The van der Waals surface area contributed by atoms with Gasteiger partial charge < -0.3 is 4.90 Å². The van der Waals surface area contributed by atoms with Crippen LogP contribution in [0, 0.1) is 11.3 Å². The van der Waals surface area contributed by atoms with Crippen LogP contribution in [0.5, 0.6) is 0 Å². The number of aromatic nitrogens is 1. The summed E-state index contributed by atoms with van der Waals surface area (Å²) in [6, 6.07) is 7.97. The lowest BCUT2D eigenvalue weighted by molar-refractivity contribution is 0.625. The Balaban J connectivity index is 2.00. The van der Waals surface area contributed by atoms with Gasteiger partial charge in [0.25, 0.3) is 0 Å². The van der Waals surface area contributed by atoms with Crippen molar-refractivity contribution >= 4 is 28.8 Å². The molecule has 96 valence electrons. The summed E-state index contributed by atoms with van der Waals surface area (Å²) in [6.45, 7) is 3.08. The Hall–Kier alpha value is -1.57. The molecular weight excluding hydrogens is 278 g/mol. The molecule has 3 rings (SSSR count). The van der Waals surface area contributed by atoms with E-state index in [0.717, 1.165) is 18.8 Å². The van der Waals surface area contributed by atoms with E-state index in [0.29, 0.717) is 10.7 Å². The number of halogens is 1. The zero-order valence-corrected chi connectivity index (χ0v) is 12.0. The number of hydrogen-bond donors (Lipinski definition) is 0. The Morgan fingerprint density at radius 1 is 1.53 bits per heavy atom. The number of thiophene rings is 1. The fourth-order valence-corrected chi connectivity index (χ4v) is 3.68. The van der Waals surface area contributed by atoms with Crippen molar-refractivity contribution in [2.45, 2.75) is 19.4 Å². The van der Waals surface area contributed by atoms with E-state index in [2.05, 4.69) is 34.3 Å². The number of anilines is 1. The third-order valence-electron chi connectivity index (χ3n) is 3.48. The van der Waals surface area contributed by atoms with Crippen molar-refractivity contribution in [1.82, 2.24) is 4.98 Å². The van der Waals surface area contributed by atoms with Crippen molar-refractivity contribution in [2.24, 2.45) is 0 Å². The minimum absolute atomic E-state index is 0.271. The molecule has 0 aromatic carbocycles. The molecule has 0 saturated carbocycles. The lowest BCUT2D eigenvalue weighted by atomic mass is 10.0. The van der Waals surface area contributed by atoms with Crippen LogP contribution in [0.25, 0.3) is 0 Å². The minimum atomic E-state index is 0.271. The van der Waals surface area contributed by atoms with Gasteiger partial charge in [0.15, 0.2) is 0 Å². The molecule has 3 heterocycles. The molecule has 0 spiro atoms. The highest BCUT2D eigenvalue weighted by Crippen LogP contribution is 2.35. The molecule has 0 N–H and O–H groups in total. The van der Waals surface area contributed by atoms with Gasteiger partial charge in [0, 0.05) is 11.4 Å². The first-order chi connectivity index (χ1) is 9.19. The molecule has 5 heteroatoms. The summed E-state index contributed by atoms with van der Waals surface area (Å²) < 4.78 is 0. The average Bonchev–Trinajstić information content (AvgIpc) is 2.87. The Morgan fingerprint density at radius 3 is 3.16 bits per heavy atom. The molecule has 3 nitrogen and oxygen atoms in total. The molecule has 19 heavy (non-hydrogen) atoms. The first-order valence-electron chi connectivity index (χ1n) is 6.09. The summed E-state index contributed by atoms with van der Waals surface area (Å²) in [6.07, 6.45) is 1.02. The Morgan fingerprint density at radius 2 is 2.37 bits per heavy atom. The zero-order chi connectivity index (χ0) is 13.4. The third-order valence-corrected chi connectivity index (χ3v) is 4.67. The molecule has 0 bridgehead atoms. The predicted octanol–water partition coefficient (Wildman–Crippen LogP) is 3.79. The maximum absolute atomic E-state index is 9.02. The molecule has 1 aliphatic rings. The smallest absolute Gasteiger partial charge is 0.132 e. The average molecular weight is 290 g/mol. The quantitative estimate of drug-likeness (QED) is 0.750. The third kappa shape index (κ3) is 2.20. The summed E-state index contributed by atoms with van der Waals surface area (Å²) in [5.74, 6) is 0.786. The fourth-order valence-electron chi connectivity index (χ4n) is 2.52. The highest BCUT2D eigenvalue weighted by molar-refractivity contribution is 7.10. The van der Waals surface area contributed by atoms with Crippen LogP contribution < -0.4 is 4.90 Å². The Kier molecular flexibility index (Phi) is 3.17. The predicted molar refractivity (Wildman–Crippen MR) is 77.7 cm³/mol. The lowest BCUT2D eigenvalue weighted by Crippen LogP contribution is -2.33. The first kappa shape index (κ1) is 12.5. The summed E-state index contributed by atoms with van der Waals surface area (Å²) in [5.41, 5.74) is 1.91. The normalized spacial score (nSPS) is 17.9. The van der Waals surface area contributed by atoms with E-state index in [1.807, 2.05) is 11.3 Å². The second-order valence-electron chi connectivity index (χ2n) is 4.57. The van der Waals surface area contributed by atoms with Crippen LogP contribution in [0.4, 0.5) is 5.82 Å². The van der Waals surface area contributed by atoms with E-state index in [9.17, 15) is 0 Å². The highest BCUT2D eigenvalue weighted by Gasteiger charge is 2.26. The molecule has 2 aromatic heterocycles. The summed E-state index contributed by atoms with van der Waals surface area (Å²) >= 11 is 7.80. The number of nitrogens with zero attached hydrogens (tertiary/aromatic N) is 3. The second kappa shape index (κ2) is 4.84. The highest BCUT2D eigenvalue weighted by atomic mass is 35.5. The first-order valence-corrected chi connectivity index (χ1v) is 7.35. The standard InChI is InChI=1S/C14H12ClN3S/c1-9-11-3-5-19-12(11)2-4-18(9)14-7-10(8-16)6-13(15)17-14/h3,5-7,9H,2,4H2,1H3. The van der Waals surface area contributed by atoms with E-state index < -0.39 is 0 Å². The summed E-state index contributed by atoms with van der Waals surface area (Å²) in [4.78, 5) is 8.02. The van der Waals surface area contributed by atoms with E-state index in [-0.39, 0.29) is 6.04 Å². The van der Waals surface area contributed by atoms with Crippen molar-refractivity contribution in [3.63, 3.8) is 0 Å². The van der Waals surface area contributed by atoms with Crippen molar-refractivity contribution in [2.75, 3.05) is 11.4 Å². The molecule has 2 aromatic rings.